The standard InChI is InChI=1S/C17H17NO3/c1-12(20)13-6-8-14(9-7-13)17(21)18-10-15-4-2-3-5-16(15)11-19/h2-9,19H,10-11H2,1H3,(H,18,21). The van der Waals surface area contributed by atoms with Crippen LogP contribution in [0, 0.1) is 0 Å². The first-order chi connectivity index (χ1) is 10.1. The zero-order chi connectivity index (χ0) is 15.2. The normalized spacial score (nSPS) is 10.2. The summed E-state index contributed by atoms with van der Waals surface area (Å²) < 4.78 is 0. The van der Waals surface area contributed by atoms with Gasteiger partial charge >= 0.3 is 0 Å². The molecule has 0 aliphatic heterocycles. The van der Waals surface area contributed by atoms with Gasteiger partial charge in [-0.25, -0.2) is 0 Å². The molecule has 2 N–H and O–H groups in total. The summed E-state index contributed by atoms with van der Waals surface area (Å²) in [6.45, 7) is 1.78. The second-order valence-electron chi connectivity index (χ2n) is 4.74. The van der Waals surface area contributed by atoms with Crippen molar-refractivity contribution in [3.05, 3.63) is 70.8 Å². The van der Waals surface area contributed by atoms with E-state index in [4.69, 9.17) is 0 Å². The van der Waals surface area contributed by atoms with Crippen LogP contribution in [0.15, 0.2) is 48.5 Å². The van der Waals surface area contributed by atoms with Gasteiger partial charge in [0.2, 0.25) is 0 Å². The molecule has 4 nitrogen and oxygen atoms in total. The van der Waals surface area contributed by atoms with E-state index in [0.29, 0.717) is 17.7 Å². The van der Waals surface area contributed by atoms with Gasteiger partial charge in [0, 0.05) is 17.7 Å². The molecule has 4 heteroatoms. The number of hydrogen-bond donors (Lipinski definition) is 2. The quantitative estimate of drug-likeness (QED) is 0.828. The number of Topliss-reactive ketones (excluding diaryl/α,β-unsaturated/α-hetero) is 1. The molecule has 2 rings (SSSR count). The molecule has 0 radical (unpaired) electrons. The lowest BCUT2D eigenvalue weighted by Crippen LogP contribution is -2.23. The fraction of sp³-hybridized carbons (Fsp3) is 0.176. The van der Waals surface area contributed by atoms with Gasteiger partial charge in [-0.15, -0.1) is 0 Å². The maximum absolute atomic E-state index is 12.0. The van der Waals surface area contributed by atoms with Crippen molar-refractivity contribution in [2.45, 2.75) is 20.1 Å². The summed E-state index contributed by atoms with van der Waals surface area (Å²) in [7, 11) is 0. The van der Waals surface area contributed by atoms with Gasteiger partial charge in [-0.2, -0.15) is 0 Å². The molecule has 1 amide bonds. The van der Waals surface area contributed by atoms with E-state index in [-0.39, 0.29) is 18.3 Å². The minimum Gasteiger partial charge on any atom is -0.392 e. The third kappa shape index (κ3) is 3.77. The SMILES string of the molecule is CC(=O)c1ccc(C(=O)NCc2ccccc2CO)cc1. The third-order valence-electron chi connectivity index (χ3n) is 3.28. The molecule has 0 heterocycles. The van der Waals surface area contributed by atoms with Crippen molar-refractivity contribution >= 4 is 11.7 Å². The molecular weight excluding hydrogens is 266 g/mol. The van der Waals surface area contributed by atoms with E-state index in [1.807, 2.05) is 24.3 Å². The highest BCUT2D eigenvalue weighted by Crippen LogP contribution is 2.09. The summed E-state index contributed by atoms with van der Waals surface area (Å²) in [6, 6.07) is 13.9. The third-order valence-corrected chi connectivity index (χ3v) is 3.28. The monoisotopic (exact) mass is 283 g/mol. The number of ketones is 1. The van der Waals surface area contributed by atoms with Crippen LogP contribution in [-0.4, -0.2) is 16.8 Å². The number of carbonyl (C=O) groups excluding carboxylic acids is 2. The number of amides is 1. The van der Waals surface area contributed by atoms with Crippen LogP contribution < -0.4 is 5.32 Å². The van der Waals surface area contributed by atoms with Crippen molar-refractivity contribution in [2.24, 2.45) is 0 Å². The van der Waals surface area contributed by atoms with Crippen LogP contribution >= 0.6 is 0 Å². The molecule has 2 aromatic rings. The molecule has 0 aliphatic carbocycles. The molecule has 0 aliphatic rings. The Morgan fingerprint density at radius 1 is 0.952 bits per heavy atom. The second kappa shape index (κ2) is 6.81. The summed E-state index contributed by atoms with van der Waals surface area (Å²) in [4.78, 5) is 23.2. The molecule has 108 valence electrons. The minimum absolute atomic E-state index is 0.0289. The van der Waals surface area contributed by atoms with Gasteiger partial charge < -0.3 is 10.4 Å². The second-order valence-corrected chi connectivity index (χ2v) is 4.74. The molecular formula is C17H17NO3. The summed E-state index contributed by atoms with van der Waals surface area (Å²) >= 11 is 0. The molecule has 0 fully saturated rings. The lowest BCUT2D eigenvalue weighted by molar-refractivity contribution is 0.0948. The maximum Gasteiger partial charge on any atom is 0.251 e. The van der Waals surface area contributed by atoms with E-state index >= 15 is 0 Å². The molecule has 0 aromatic heterocycles. The first-order valence-corrected chi connectivity index (χ1v) is 6.68. The van der Waals surface area contributed by atoms with Crippen LogP contribution in [-0.2, 0) is 13.2 Å². The van der Waals surface area contributed by atoms with E-state index < -0.39 is 0 Å². The predicted molar refractivity (Wildman–Crippen MR) is 80.0 cm³/mol. The number of nitrogens with one attached hydrogen (secondary N) is 1. The lowest BCUT2D eigenvalue weighted by Gasteiger charge is -2.09. The molecule has 2 aromatic carbocycles. The Hall–Kier alpha value is -2.46. The van der Waals surface area contributed by atoms with Crippen LogP contribution in [0.2, 0.25) is 0 Å². The Morgan fingerprint density at radius 3 is 2.10 bits per heavy atom. The van der Waals surface area contributed by atoms with Crippen LogP contribution in [0.25, 0.3) is 0 Å². The number of aliphatic hydroxyl groups is 1. The van der Waals surface area contributed by atoms with Crippen molar-refractivity contribution in [1.82, 2.24) is 5.32 Å². The van der Waals surface area contributed by atoms with Gasteiger partial charge in [-0.1, -0.05) is 36.4 Å². The van der Waals surface area contributed by atoms with E-state index in [1.54, 1.807) is 24.3 Å². The predicted octanol–water partition coefficient (Wildman–Crippen LogP) is 2.31. The van der Waals surface area contributed by atoms with Crippen LogP contribution in [0.5, 0.6) is 0 Å². The first kappa shape index (κ1) is 14.9. The average molecular weight is 283 g/mol. The topological polar surface area (TPSA) is 66.4 Å². The lowest BCUT2D eigenvalue weighted by atomic mass is 10.1. The van der Waals surface area contributed by atoms with Crippen molar-refractivity contribution in [1.29, 1.82) is 0 Å². The van der Waals surface area contributed by atoms with Crippen LogP contribution in [0.4, 0.5) is 0 Å². The van der Waals surface area contributed by atoms with E-state index in [9.17, 15) is 14.7 Å². The summed E-state index contributed by atoms with van der Waals surface area (Å²) in [6.07, 6.45) is 0. The zero-order valence-corrected chi connectivity index (χ0v) is 11.8. The highest BCUT2D eigenvalue weighted by Gasteiger charge is 2.07. The zero-order valence-electron chi connectivity index (χ0n) is 11.8. The maximum atomic E-state index is 12.0. The van der Waals surface area contributed by atoms with Crippen molar-refractivity contribution in [3.63, 3.8) is 0 Å². The van der Waals surface area contributed by atoms with Crippen molar-refractivity contribution in [2.75, 3.05) is 0 Å². The molecule has 0 unspecified atom stereocenters. The number of hydrogen-bond acceptors (Lipinski definition) is 3. The van der Waals surface area contributed by atoms with Gasteiger partial charge in [0.05, 0.1) is 6.61 Å². The Kier molecular flexibility index (Phi) is 4.85. The van der Waals surface area contributed by atoms with Gasteiger partial charge in [-0.05, 0) is 30.2 Å². The largest absolute Gasteiger partial charge is 0.392 e. The first-order valence-electron chi connectivity index (χ1n) is 6.68. The summed E-state index contributed by atoms with van der Waals surface area (Å²) in [5.41, 5.74) is 2.76. The van der Waals surface area contributed by atoms with E-state index in [1.165, 1.54) is 6.92 Å². The van der Waals surface area contributed by atoms with Crippen molar-refractivity contribution in [3.8, 4) is 0 Å². The summed E-state index contributed by atoms with van der Waals surface area (Å²) in [5.74, 6) is -0.239. The molecule has 0 bridgehead atoms. The highest BCUT2D eigenvalue weighted by molar-refractivity contribution is 5.97. The fourth-order valence-electron chi connectivity index (χ4n) is 2.02. The Balaban J connectivity index is 2.03. The molecule has 0 saturated heterocycles. The smallest absolute Gasteiger partial charge is 0.251 e. The minimum atomic E-state index is -0.210. The van der Waals surface area contributed by atoms with Crippen LogP contribution in [0.3, 0.4) is 0 Å². The molecule has 0 spiro atoms. The van der Waals surface area contributed by atoms with Gasteiger partial charge in [0.25, 0.3) is 5.91 Å². The number of benzene rings is 2. The number of rotatable bonds is 5. The Morgan fingerprint density at radius 2 is 1.52 bits per heavy atom. The fourth-order valence-corrected chi connectivity index (χ4v) is 2.02. The summed E-state index contributed by atoms with van der Waals surface area (Å²) in [5, 5.41) is 12.0. The highest BCUT2D eigenvalue weighted by atomic mass is 16.3. The number of carbonyl (C=O) groups is 2. The van der Waals surface area contributed by atoms with E-state index in [2.05, 4.69) is 5.32 Å². The van der Waals surface area contributed by atoms with E-state index in [0.717, 1.165) is 11.1 Å². The van der Waals surface area contributed by atoms with Crippen LogP contribution in [0.1, 0.15) is 38.8 Å². The van der Waals surface area contributed by atoms with Crippen molar-refractivity contribution < 1.29 is 14.7 Å². The molecule has 0 saturated carbocycles. The molecule has 21 heavy (non-hydrogen) atoms. The van der Waals surface area contributed by atoms with Gasteiger partial charge in [0.15, 0.2) is 5.78 Å². The number of aliphatic hydroxyl groups excluding tert-OH is 1. The Bertz CT molecular complexity index is 647. The average Bonchev–Trinajstić information content (AvgIpc) is 2.52. The van der Waals surface area contributed by atoms with Gasteiger partial charge in [0.1, 0.15) is 0 Å². The Labute approximate surface area is 123 Å². The van der Waals surface area contributed by atoms with Gasteiger partial charge in [-0.3, -0.25) is 9.59 Å². The molecule has 0 atom stereocenters.